The lowest BCUT2D eigenvalue weighted by atomic mass is 9.86. The first-order valence-corrected chi connectivity index (χ1v) is 10.2. The Kier molecular flexibility index (Phi) is 8.25. The highest BCUT2D eigenvalue weighted by atomic mass is 16.3. The van der Waals surface area contributed by atoms with Crippen LogP contribution in [-0.4, -0.2) is 57.4 Å². The van der Waals surface area contributed by atoms with Crippen LogP contribution in [0.25, 0.3) is 0 Å². The Morgan fingerprint density at radius 3 is 2.15 bits per heavy atom. The fraction of sp³-hybridized carbons (Fsp3) is 0.727. The van der Waals surface area contributed by atoms with E-state index < -0.39 is 30.4 Å². The van der Waals surface area contributed by atoms with E-state index in [1.807, 2.05) is 0 Å². The van der Waals surface area contributed by atoms with Gasteiger partial charge in [-0.3, -0.25) is 0 Å². The van der Waals surface area contributed by atoms with Crippen molar-refractivity contribution in [3.63, 3.8) is 0 Å². The molecule has 2 rings (SSSR count). The third-order valence-corrected chi connectivity index (χ3v) is 5.68. The molecule has 5 heteroatoms. The number of aliphatic hydroxyl groups is 4. The normalized spacial score (nSPS) is 27.1. The minimum Gasteiger partial charge on any atom is -0.395 e. The zero-order valence-electron chi connectivity index (χ0n) is 16.9. The summed E-state index contributed by atoms with van der Waals surface area (Å²) < 4.78 is 0. The van der Waals surface area contributed by atoms with Gasteiger partial charge in [0.15, 0.2) is 0 Å². The molecule has 0 spiro atoms. The van der Waals surface area contributed by atoms with E-state index in [4.69, 9.17) is 5.11 Å². The van der Waals surface area contributed by atoms with Crippen LogP contribution in [-0.2, 0) is 11.8 Å². The van der Waals surface area contributed by atoms with Gasteiger partial charge in [0.1, 0.15) is 0 Å². The molecule has 0 radical (unpaired) electrons. The Morgan fingerprint density at radius 1 is 0.963 bits per heavy atom. The van der Waals surface area contributed by atoms with E-state index in [2.05, 4.69) is 50.4 Å². The lowest BCUT2D eigenvalue weighted by Gasteiger charge is -2.22. The third kappa shape index (κ3) is 6.26. The fourth-order valence-electron chi connectivity index (χ4n) is 3.78. The predicted octanol–water partition coefficient (Wildman–Crippen LogP) is 1.89. The Labute approximate surface area is 163 Å². The summed E-state index contributed by atoms with van der Waals surface area (Å²) in [5.74, 6) is 0. The van der Waals surface area contributed by atoms with Crippen molar-refractivity contribution in [2.24, 2.45) is 0 Å². The van der Waals surface area contributed by atoms with E-state index >= 15 is 0 Å². The molecule has 0 aliphatic carbocycles. The summed E-state index contributed by atoms with van der Waals surface area (Å²) in [5.41, 5.74) is 2.91. The van der Waals surface area contributed by atoms with E-state index in [1.54, 1.807) is 0 Å². The monoisotopic (exact) mass is 379 g/mol. The van der Waals surface area contributed by atoms with E-state index in [1.165, 1.54) is 11.1 Å². The molecule has 5 atom stereocenters. The standard InChI is InChI=1S/C22H37NO4/c1-22(2,3)16-12-10-15(11-13-16)8-6-4-5-7-9-18(25)19-21(27)20(26)17(14-24)23-19/h10-13,17-21,23-27H,4-9,14H2,1-3H3/t17-,18+,19-,20-,21-/m1/s1. The third-order valence-electron chi connectivity index (χ3n) is 5.68. The fourth-order valence-corrected chi connectivity index (χ4v) is 3.78. The van der Waals surface area contributed by atoms with Crippen molar-refractivity contribution < 1.29 is 20.4 Å². The molecule has 1 fully saturated rings. The number of unbranched alkanes of at least 4 members (excludes halogenated alkanes) is 3. The summed E-state index contributed by atoms with van der Waals surface area (Å²) in [5, 5.41) is 42.1. The number of hydrogen-bond acceptors (Lipinski definition) is 5. The lowest BCUT2D eigenvalue weighted by molar-refractivity contribution is -0.00443. The highest BCUT2D eigenvalue weighted by Gasteiger charge is 2.43. The van der Waals surface area contributed by atoms with Crippen molar-refractivity contribution in [1.29, 1.82) is 0 Å². The largest absolute Gasteiger partial charge is 0.395 e. The van der Waals surface area contributed by atoms with E-state index in [0.717, 1.165) is 32.1 Å². The first kappa shape index (κ1) is 22.3. The molecule has 0 unspecified atom stereocenters. The molecular weight excluding hydrogens is 342 g/mol. The minimum absolute atomic E-state index is 0.189. The summed E-state index contributed by atoms with van der Waals surface area (Å²) in [6, 6.07) is 7.75. The summed E-state index contributed by atoms with van der Waals surface area (Å²) in [6.07, 6.45) is 3.03. The number of hydrogen-bond donors (Lipinski definition) is 5. The number of rotatable bonds is 9. The van der Waals surface area contributed by atoms with Gasteiger partial charge in [-0.15, -0.1) is 0 Å². The quantitative estimate of drug-likeness (QED) is 0.423. The van der Waals surface area contributed by atoms with Gasteiger partial charge < -0.3 is 25.7 Å². The summed E-state index contributed by atoms with van der Waals surface area (Å²) >= 11 is 0. The van der Waals surface area contributed by atoms with Crippen LogP contribution in [0.15, 0.2) is 24.3 Å². The minimum atomic E-state index is -1.03. The highest BCUT2D eigenvalue weighted by molar-refractivity contribution is 5.27. The van der Waals surface area contributed by atoms with Gasteiger partial charge in [0.2, 0.25) is 0 Å². The second kappa shape index (κ2) is 9.99. The Balaban J connectivity index is 1.62. The smallest absolute Gasteiger partial charge is 0.0993 e. The van der Waals surface area contributed by atoms with Gasteiger partial charge in [0, 0.05) is 0 Å². The van der Waals surface area contributed by atoms with E-state index in [9.17, 15) is 15.3 Å². The molecule has 1 aromatic carbocycles. The van der Waals surface area contributed by atoms with Gasteiger partial charge in [-0.1, -0.05) is 64.3 Å². The Bertz CT molecular complexity index is 554. The Morgan fingerprint density at radius 2 is 1.59 bits per heavy atom. The van der Waals surface area contributed by atoms with Crippen molar-refractivity contribution in [1.82, 2.24) is 5.32 Å². The first-order chi connectivity index (χ1) is 12.7. The van der Waals surface area contributed by atoms with Crippen LogP contribution >= 0.6 is 0 Å². The molecule has 5 N–H and O–H groups in total. The Hall–Kier alpha value is -0.980. The van der Waals surface area contributed by atoms with Crippen molar-refractivity contribution in [3.05, 3.63) is 35.4 Å². The molecule has 0 aromatic heterocycles. The van der Waals surface area contributed by atoms with Crippen LogP contribution in [0.3, 0.4) is 0 Å². The van der Waals surface area contributed by atoms with Crippen LogP contribution in [0.4, 0.5) is 0 Å². The second-order valence-electron chi connectivity index (χ2n) is 8.93. The van der Waals surface area contributed by atoms with Gasteiger partial charge in [0.05, 0.1) is 37.0 Å². The summed E-state index contributed by atoms with van der Waals surface area (Å²) in [7, 11) is 0. The van der Waals surface area contributed by atoms with E-state index in [-0.39, 0.29) is 12.0 Å². The molecule has 1 aliphatic rings. The molecule has 27 heavy (non-hydrogen) atoms. The number of aryl methyl sites for hydroxylation is 1. The molecule has 1 saturated heterocycles. The maximum absolute atomic E-state index is 10.3. The molecular formula is C22H37NO4. The average Bonchev–Trinajstić information content (AvgIpc) is 2.92. The molecule has 154 valence electrons. The van der Waals surface area contributed by atoms with E-state index in [0.29, 0.717) is 6.42 Å². The van der Waals surface area contributed by atoms with Gasteiger partial charge in [-0.05, 0) is 35.8 Å². The van der Waals surface area contributed by atoms with Gasteiger partial charge >= 0.3 is 0 Å². The zero-order chi connectivity index (χ0) is 20.0. The van der Waals surface area contributed by atoms with Crippen molar-refractivity contribution in [3.8, 4) is 0 Å². The summed E-state index contributed by atoms with van der Waals surface area (Å²) in [6.45, 7) is 6.42. The molecule has 0 bridgehead atoms. The van der Waals surface area contributed by atoms with Gasteiger partial charge in [0.25, 0.3) is 0 Å². The average molecular weight is 380 g/mol. The van der Waals surface area contributed by atoms with Crippen LogP contribution in [0.5, 0.6) is 0 Å². The maximum Gasteiger partial charge on any atom is 0.0993 e. The maximum atomic E-state index is 10.3. The first-order valence-electron chi connectivity index (χ1n) is 10.2. The van der Waals surface area contributed by atoms with Crippen molar-refractivity contribution >= 4 is 0 Å². The predicted molar refractivity (Wildman–Crippen MR) is 108 cm³/mol. The van der Waals surface area contributed by atoms with Crippen molar-refractivity contribution in [2.75, 3.05) is 6.61 Å². The van der Waals surface area contributed by atoms with Crippen LogP contribution < -0.4 is 5.32 Å². The van der Waals surface area contributed by atoms with Crippen LogP contribution in [0, 0.1) is 0 Å². The molecule has 0 saturated carbocycles. The summed E-state index contributed by atoms with van der Waals surface area (Å²) in [4.78, 5) is 0. The zero-order valence-corrected chi connectivity index (χ0v) is 16.9. The van der Waals surface area contributed by atoms with Crippen LogP contribution in [0.1, 0.15) is 64.0 Å². The van der Waals surface area contributed by atoms with Crippen LogP contribution in [0.2, 0.25) is 0 Å². The SMILES string of the molecule is CC(C)(C)c1ccc(CCCCCC[C@H](O)[C@H]2N[C@H](CO)[C@@H](O)[C@@H]2O)cc1. The topological polar surface area (TPSA) is 93.0 Å². The highest BCUT2D eigenvalue weighted by Crippen LogP contribution is 2.23. The van der Waals surface area contributed by atoms with Crippen molar-refractivity contribution in [2.45, 2.75) is 95.1 Å². The number of aliphatic hydroxyl groups excluding tert-OH is 4. The molecule has 1 aliphatic heterocycles. The van der Waals surface area contributed by atoms with Gasteiger partial charge in [-0.2, -0.15) is 0 Å². The number of benzene rings is 1. The molecule has 1 aromatic rings. The van der Waals surface area contributed by atoms with Gasteiger partial charge in [-0.25, -0.2) is 0 Å². The second-order valence-corrected chi connectivity index (χ2v) is 8.93. The molecule has 0 amide bonds. The molecule has 1 heterocycles. The number of nitrogens with one attached hydrogen (secondary N) is 1. The molecule has 5 nitrogen and oxygen atoms in total. The lowest BCUT2D eigenvalue weighted by Crippen LogP contribution is -2.44.